The molecule has 0 saturated carbocycles. The molecule has 3 nitrogen and oxygen atoms in total. The van der Waals surface area contributed by atoms with Crippen LogP contribution in [-0.4, -0.2) is 13.7 Å². The molecule has 108 valence electrons. The lowest BCUT2D eigenvalue weighted by atomic mass is 10.1. The van der Waals surface area contributed by atoms with E-state index in [1.807, 2.05) is 30.3 Å². The number of nitrogens with zero attached hydrogens (tertiary/aromatic N) is 1. The maximum absolute atomic E-state index is 8.76. The van der Waals surface area contributed by atoms with Crippen LogP contribution in [0.4, 0.5) is 0 Å². The Bertz CT molecular complexity index is 627. The zero-order chi connectivity index (χ0) is 15.1. The Morgan fingerprint density at radius 3 is 2.57 bits per heavy atom. The third-order valence-corrected chi connectivity index (χ3v) is 3.42. The van der Waals surface area contributed by atoms with Crippen LogP contribution in [-0.2, 0) is 13.0 Å². The standard InChI is InChI=1S/C18H20N2O/c1-14-3-8-18(21-2)17(11-14)9-10-20-13-16-6-4-15(12-19)5-7-16/h3-8,11,20H,9-10,13H2,1-2H3. The summed E-state index contributed by atoms with van der Waals surface area (Å²) in [7, 11) is 1.71. The van der Waals surface area contributed by atoms with Crippen LogP contribution in [0, 0.1) is 18.3 Å². The van der Waals surface area contributed by atoms with Crippen molar-refractivity contribution >= 4 is 0 Å². The van der Waals surface area contributed by atoms with E-state index >= 15 is 0 Å². The largest absolute Gasteiger partial charge is 0.496 e. The second kappa shape index (κ2) is 7.47. The Balaban J connectivity index is 1.84. The molecule has 0 spiro atoms. The molecule has 1 N–H and O–H groups in total. The van der Waals surface area contributed by atoms with E-state index in [2.05, 4.69) is 30.4 Å². The molecule has 0 bridgehead atoms. The topological polar surface area (TPSA) is 45.0 Å². The van der Waals surface area contributed by atoms with Crippen LogP contribution in [0.1, 0.15) is 22.3 Å². The highest BCUT2D eigenvalue weighted by Crippen LogP contribution is 2.19. The molecule has 0 aliphatic carbocycles. The van der Waals surface area contributed by atoms with Crippen LogP contribution in [0.5, 0.6) is 5.75 Å². The Morgan fingerprint density at radius 1 is 1.14 bits per heavy atom. The van der Waals surface area contributed by atoms with Crippen molar-refractivity contribution in [2.45, 2.75) is 19.9 Å². The van der Waals surface area contributed by atoms with Gasteiger partial charge in [-0.2, -0.15) is 5.26 Å². The van der Waals surface area contributed by atoms with Gasteiger partial charge in [0, 0.05) is 6.54 Å². The number of ether oxygens (including phenoxy) is 1. The summed E-state index contributed by atoms with van der Waals surface area (Å²) in [5, 5.41) is 12.2. The quantitative estimate of drug-likeness (QED) is 0.826. The molecule has 2 aromatic rings. The van der Waals surface area contributed by atoms with Gasteiger partial charge < -0.3 is 10.1 Å². The fourth-order valence-electron chi connectivity index (χ4n) is 2.26. The highest BCUT2D eigenvalue weighted by Gasteiger charge is 2.03. The van der Waals surface area contributed by atoms with Crippen molar-refractivity contribution in [3.05, 3.63) is 64.7 Å². The third kappa shape index (κ3) is 4.34. The lowest BCUT2D eigenvalue weighted by Gasteiger charge is -2.10. The zero-order valence-electron chi connectivity index (χ0n) is 12.5. The van der Waals surface area contributed by atoms with Crippen LogP contribution in [0.25, 0.3) is 0 Å². The van der Waals surface area contributed by atoms with Gasteiger partial charge in [0.25, 0.3) is 0 Å². The summed E-state index contributed by atoms with van der Waals surface area (Å²) in [6.45, 7) is 3.78. The van der Waals surface area contributed by atoms with Crippen molar-refractivity contribution in [1.82, 2.24) is 5.32 Å². The van der Waals surface area contributed by atoms with E-state index in [0.717, 1.165) is 25.3 Å². The van der Waals surface area contributed by atoms with Gasteiger partial charge in [0.2, 0.25) is 0 Å². The smallest absolute Gasteiger partial charge is 0.122 e. The first-order valence-corrected chi connectivity index (χ1v) is 7.06. The Hall–Kier alpha value is -2.31. The monoisotopic (exact) mass is 280 g/mol. The Labute approximate surface area is 126 Å². The van der Waals surface area contributed by atoms with Crippen molar-refractivity contribution < 1.29 is 4.74 Å². The second-order valence-corrected chi connectivity index (χ2v) is 5.05. The summed E-state index contributed by atoms with van der Waals surface area (Å²) in [5.74, 6) is 0.945. The second-order valence-electron chi connectivity index (χ2n) is 5.05. The van der Waals surface area contributed by atoms with Crippen molar-refractivity contribution in [1.29, 1.82) is 5.26 Å². The van der Waals surface area contributed by atoms with Crippen LogP contribution in [0.3, 0.4) is 0 Å². The first kappa shape index (κ1) is 15.1. The lowest BCUT2D eigenvalue weighted by Crippen LogP contribution is -2.17. The maximum Gasteiger partial charge on any atom is 0.122 e. The molecule has 2 rings (SSSR count). The van der Waals surface area contributed by atoms with Gasteiger partial charge >= 0.3 is 0 Å². The number of methoxy groups -OCH3 is 1. The third-order valence-electron chi connectivity index (χ3n) is 3.42. The fraction of sp³-hybridized carbons (Fsp3) is 0.278. The molecule has 0 aromatic heterocycles. The number of rotatable bonds is 6. The molecule has 0 aliphatic heterocycles. The van der Waals surface area contributed by atoms with E-state index < -0.39 is 0 Å². The lowest BCUT2D eigenvalue weighted by molar-refractivity contribution is 0.409. The molecule has 21 heavy (non-hydrogen) atoms. The van der Waals surface area contributed by atoms with Gasteiger partial charge in [0.05, 0.1) is 18.7 Å². The van der Waals surface area contributed by atoms with Crippen molar-refractivity contribution in [3.8, 4) is 11.8 Å². The Kier molecular flexibility index (Phi) is 5.36. The minimum absolute atomic E-state index is 0.697. The number of benzene rings is 2. The average molecular weight is 280 g/mol. The van der Waals surface area contributed by atoms with Gasteiger partial charge in [-0.1, -0.05) is 29.8 Å². The summed E-state index contributed by atoms with van der Waals surface area (Å²) >= 11 is 0. The van der Waals surface area contributed by atoms with Gasteiger partial charge in [-0.15, -0.1) is 0 Å². The molecular formula is C18H20N2O. The molecular weight excluding hydrogens is 260 g/mol. The molecule has 0 atom stereocenters. The van der Waals surface area contributed by atoms with Crippen LogP contribution in [0.2, 0.25) is 0 Å². The molecule has 0 aliphatic rings. The summed E-state index contributed by atoms with van der Waals surface area (Å²) in [4.78, 5) is 0. The summed E-state index contributed by atoms with van der Waals surface area (Å²) in [5.41, 5.74) is 4.36. The first-order valence-electron chi connectivity index (χ1n) is 7.06. The van der Waals surface area contributed by atoms with Crippen molar-refractivity contribution in [3.63, 3.8) is 0 Å². The molecule has 2 aromatic carbocycles. The number of nitriles is 1. The molecule has 0 saturated heterocycles. The number of nitrogens with one attached hydrogen (secondary N) is 1. The van der Waals surface area contributed by atoms with Crippen molar-refractivity contribution in [2.24, 2.45) is 0 Å². The van der Waals surface area contributed by atoms with Gasteiger partial charge in [0.1, 0.15) is 5.75 Å². The minimum atomic E-state index is 0.697. The normalized spacial score (nSPS) is 10.1. The summed E-state index contributed by atoms with van der Waals surface area (Å²) in [6, 6.07) is 16.0. The van der Waals surface area contributed by atoms with E-state index in [4.69, 9.17) is 10.00 Å². The highest BCUT2D eigenvalue weighted by molar-refractivity contribution is 5.37. The van der Waals surface area contributed by atoms with Crippen LogP contribution < -0.4 is 10.1 Å². The summed E-state index contributed by atoms with van der Waals surface area (Å²) < 4.78 is 5.38. The number of hydrogen-bond donors (Lipinski definition) is 1. The van der Waals surface area contributed by atoms with Gasteiger partial charge in [-0.3, -0.25) is 0 Å². The number of hydrogen-bond acceptors (Lipinski definition) is 3. The molecule has 0 fully saturated rings. The molecule has 0 unspecified atom stereocenters. The molecule has 3 heteroatoms. The molecule has 0 amide bonds. The zero-order valence-corrected chi connectivity index (χ0v) is 12.5. The minimum Gasteiger partial charge on any atom is -0.496 e. The Morgan fingerprint density at radius 2 is 1.90 bits per heavy atom. The highest BCUT2D eigenvalue weighted by atomic mass is 16.5. The van der Waals surface area contributed by atoms with Gasteiger partial charge in [0.15, 0.2) is 0 Å². The predicted octanol–water partition coefficient (Wildman–Crippen LogP) is 3.21. The maximum atomic E-state index is 8.76. The van der Waals surface area contributed by atoms with Gasteiger partial charge in [-0.25, -0.2) is 0 Å². The fourth-order valence-corrected chi connectivity index (χ4v) is 2.26. The van der Waals surface area contributed by atoms with E-state index in [1.165, 1.54) is 16.7 Å². The van der Waals surface area contributed by atoms with Crippen molar-refractivity contribution in [2.75, 3.05) is 13.7 Å². The van der Waals surface area contributed by atoms with E-state index in [1.54, 1.807) is 7.11 Å². The average Bonchev–Trinajstić information content (AvgIpc) is 2.52. The molecule has 0 heterocycles. The number of aryl methyl sites for hydroxylation is 1. The van der Waals surface area contributed by atoms with Crippen LogP contribution >= 0.6 is 0 Å². The van der Waals surface area contributed by atoms with Crippen LogP contribution in [0.15, 0.2) is 42.5 Å². The predicted molar refractivity (Wildman–Crippen MR) is 84.3 cm³/mol. The first-order chi connectivity index (χ1) is 10.2. The summed E-state index contributed by atoms with van der Waals surface area (Å²) in [6.07, 6.45) is 0.932. The van der Waals surface area contributed by atoms with E-state index in [9.17, 15) is 0 Å². The van der Waals surface area contributed by atoms with E-state index in [-0.39, 0.29) is 0 Å². The SMILES string of the molecule is COc1ccc(C)cc1CCNCc1ccc(C#N)cc1. The van der Waals surface area contributed by atoms with E-state index in [0.29, 0.717) is 5.56 Å². The molecule has 0 radical (unpaired) electrons. The van der Waals surface area contributed by atoms with Gasteiger partial charge in [-0.05, 0) is 49.2 Å².